The molecule has 3 aromatic rings. The van der Waals surface area contributed by atoms with Gasteiger partial charge in [0.25, 0.3) is 10.0 Å². The molecule has 0 aliphatic heterocycles. The summed E-state index contributed by atoms with van der Waals surface area (Å²) in [5.74, 6) is -4.53. The van der Waals surface area contributed by atoms with E-state index in [1.54, 1.807) is 6.07 Å². The van der Waals surface area contributed by atoms with Gasteiger partial charge in [-0.25, -0.2) is 26.3 Å². The van der Waals surface area contributed by atoms with E-state index in [0.29, 0.717) is 43.3 Å². The Kier molecular flexibility index (Phi) is 11.0. The van der Waals surface area contributed by atoms with Gasteiger partial charge in [0.15, 0.2) is 19.2 Å². The molecule has 17 heteroatoms. The number of quaternary nitrogens is 2. The molecule has 7 N–H and O–H groups in total. The molecule has 3 rings (SSSR count). The number of fused-ring (bicyclic) bond motifs is 1. The maximum Gasteiger partial charge on any atom is 0.250 e. The Morgan fingerprint density at radius 1 is 1.10 bits per heavy atom. The van der Waals surface area contributed by atoms with Crippen LogP contribution in [-0.2, 0) is 21.0 Å². The van der Waals surface area contributed by atoms with Crippen molar-refractivity contribution in [2.45, 2.75) is 30.4 Å². The van der Waals surface area contributed by atoms with Gasteiger partial charge in [0, 0.05) is 24.3 Å². The average Bonchev–Trinajstić information content (AvgIpc) is 3.33. The molecule has 0 saturated heterocycles. The molecule has 41 heavy (non-hydrogen) atoms. The molecule has 0 saturated carbocycles. The van der Waals surface area contributed by atoms with Crippen molar-refractivity contribution >= 4 is 39.0 Å². The van der Waals surface area contributed by atoms with Crippen molar-refractivity contribution in [1.29, 1.82) is 5.26 Å². The lowest BCUT2D eigenvalue weighted by Gasteiger charge is -2.24. The molecular weight excluding hydrogens is 608 g/mol. The lowest BCUT2D eigenvalue weighted by molar-refractivity contribution is -0.369. The summed E-state index contributed by atoms with van der Waals surface area (Å²) in [7, 11) is -9.63. The minimum atomic E-state index is -4.98. The molecule has 1 unspecified atom stereocenters. The quantitative estimate of drug-likeness (QED) is 0.165. The van der Waals surface area contributed by atoms with E-state index in [4.69, 9.17) is 19.3 Å². The van der Waals surface area contributed by atoms with Crippen LogP contribution < -0.4 is 35.1 Å². The molecule has 0 aliphatic rings. The second kappa shape index (κ2) is 13.8. The number of hydrogen-bond donors (Lipinski definition) is 3. The number of nitrogens with one attached hydrogen (secondary N) is 1. The van der Waals surface area contributed by atoms with Gasteiger partial charge in [-0.3, -0.25) is 4.57 Å². The van der Waals surface area contributed by atoms with Crippen LogP contribution in [0.15, 0.2) is 22.4 Å². The Morgan fingerprint density at radius 3 is 2.24 bits per heavy atom. The van der Waals surface area contributed by atoms with Crippen molar-refractivity contribution in [1.82, 2.24) is 4.72 Å². The molecule has 0 spiro atoms. The number of sulfonamides is 1. The van der Waals surface area contributed by atoms with Crippen molar-refractivity contribution in [3.63, 3.8) is 0 Å². The highest BCUT2D eigenvalue weighted by Gasteiger charge is 2.32. The van der Waals surface area contributed by atoms with E-state index < -0.39 is 62.8 Å². The molecule has 1 heterocycles. The second-order valence-corrected chi connectivity index (χ2v) is 13.3. The zero-order chi connectivity index (χ0) is 30.4. The number of hydrogen-bond acceptors (Lipinski definition) is 9. The van der Waals surface area contributed by atoms with Gasteiger partial charge in [-0.2, -0.15) is 5.26 Å². The zero-order valence-corrected chi connectivity index (χ0v) is 24.5. The number of nitrogens with zero attached hydrogens (tertiary/aromatic N) is 1. The minimum absolute atomic E-state index is 0.0112. The molecule has 0 bridgehead atoms. The number of benzene rings is 2. The predicted molar refractivity (Wildman–Crippen MR) is 141 cm³/mol. The van der Waals surface area contributed by atoms with Crippen LogP contribution in [0.5, 0.6) is 17.2 Å². The minimum Gasteiger partial charge on any atom is -0.768 e. The van der Waals surface area contributed by atoms with Crippen LogP contribution in [0.3, 0.4) is 0 Å². The zero-order valence-electron chi connectivity index (χ0n) is 22.0. The highest BCUT2D eigenvalue weighted by Crippen LogP contribution is 2.47. The number of halogens is 3. The number of ether oxygens (including phenoxy) is 2. The fourth-order valence-corrected chi connectivity index (χ4v) is 8.09. The van der Waals surface area contributed by atoms with Gasteiger partial charge in [-0.05, 0) is 24.1 Å². The van der Waals surface area contributed by atoms with Gasteiger partial charge in [0.1, 0.15) is 21.8 Å². The van der Waals surface area contributed by atoms with E-state index in [1.807, 2.05) is 4.72 Å². The van der Waals surface area contributed by atoms with Crippen molar-refractivity contribution in [2.24, 2.45) is 0 Å². The van der Waals surface area contributed by atoms with Crippen LogP contribution in [-0.4, -0.2) is 41.0 Å². The fraction of sp³-hybridized carbons (Fsp3) is 0.375. The molecule has 11 nitrogen and oxygen atoms in total. The van der Waals surface area contributed by atoms with Gasteiger partial charge in [0.2, 0.25) is 11.5 Å². The Morgan fingerprint density at radius 2 is 1.71 bits per heavy atom. The van der Waals surface area contributed by atoms with Crippen molar-refractivity contribution < 1.29 is 56.5 Å². The predicted octanol–water partition coefficient (Wildman–Crippen LogP) is 1.64. The van der Waals surface area contributed by atoms with Crippen LogP contribution in [0, 0.1) is 28.8 Å². The summed E-state index contributed by atoms with van der Waals surface area (Å²) in [6, 6.07) is 4.26. The third-order valence-corrected chi connectivity index (χ3v) is 10.1. The van der Waals surface area contributed by atoms with E-state index in [0.717, 1.165) is 12.1 Å². The summed E-state index contributed by atoms with van der Waals surface area (Å²) in [6.07, 6.45) is -0.420. The Balaban J connectivity index is 1.99. The van der Waals surface area contributed by atoms with Gasteiger partial charge in [-0.15, -0.1) is 11.3 Å². The monoisotopic (exact) mass is 637 g/mol. The molecule has 2 aromatic carbocycles. The van der Waals surface area contributed by atoms with Crippen LogP contribution in [0.2, 0.25) is 0 Å². The smallest absolute Gasteiger partial charge is 0.250 e. The molecular formula is C24H29F3N4O7PS2+. The molecule has 0 amide bonds. The summed E-state index contributed by atoms with van der Waals surface area (Å²) < 4.78 is 101. The van der Waals surface area contributed by atoms with Crippen LogP contribution in [0.25, 0.3) is 10.1 Å². The largest absolute Gasteiger partial charge is 0.768 e. The highest BCUT2D eigenvalue weighted by molar-refractivity contribution is 7.92. The third-order valence-electron chi connectivity index (χ3n) is 5.63. The molecule has 0 aliphatic carbocycles. The van der Waals surface area contributed by atoms with E-state index >= 15 is 8.78 Å². The van der Waals surface area contributed by atoms with Gasteiger partial charge >= 0.3 is 0 Å². The van der Waals surface area contributed by atoms with Gasteiger partial charge in [0.05, 0.1) is 42.9 Å². The molecule has 1 aromatic heterocycles. The number of rotatable bonds is 15. The first-order valence-corrected chi connectivity index (χ1v) is 16.4. The van der Waals surface area contributed by atoms with Crippen LogP contribution >= 0.6 is 18.9 Å². The highest BCUT2D eigenvalue weighted by atomic mass is 32.2. The summed E-state index contributed by atoms with van der Waals surface area (Å²) in [4.78, 5) is 12.5. The SMILES string of the molecule is CCc1c(S(=O)(=O)NCP(=O)([O-])Oc2ccc(C#N)c(F)c2)sc2c(F)c(OCCC[NH3+])c(OCCC[NH3+])c(F)c12. The molecule has 1 atom stereocenters. The average molecular weight is 638 g/mol. The summed E-state index contributed by atoms with van der Waals surface area (Å²) >= 11 is 0.411. The number of aryl methyl sites for hydroxylation is 1. The summed E-state index contributed by atoms with van der Waals surface area (Å²) in [5, 5.41) is 8.47. The molecule has 224 valence electrons. The molecule has 0 radical (unpaired) electrons. The van der Waals surface area contributed by atoms with Gasteiger partial charge < -0.3 is 30.4 Å². The van der Waals surface area contributed by atoms with Crippen molar-refractivity contribution in [3.8, 4) is 23.3 Å². The van der Waals surface area contributed by atoms with Crippen molar-refractivity contribution in [2.75, 3.05) is 32.6 Å². The summed E-state index contributed by atoms with van der Waals surface area (Å²) in [5.41, 5.74) is 6.92. The second-order valence-electron chi connectivity index (χ2n) is 8.58. The maximum absolute atomic E-state index is 15.8. The topological polar surface area (TPSA) is 193 Å². The lowest BCUT2D eigenvalue weighted by Crippen LogP contribution is -2.50. The van der Waals surface area contributed by atoms with Gasteiger partial charge in [-0.1, -0.05) is 6.92 Å². The van der Waals surface area contributed by atoms with E-state index in [-0.39, 0.29) is 40.8 Å². The number of nitriles is 1. The first-order valence-electron chi connectivity index (χ1n) is 12.4. The Bertz CT molecular complexity index is 1610. The van der Waals surface area contributed by atoms with Crippen LogP contribution in [0.1, 0.15) is 30.9 Å². The Labute approximate surface area is 238 Å². The van der Waals surface area contributed by atoms with E-state index in [2.05, 4.69) is 11.5 Å². The third kappa shape index (κ3) is 7.49. The molecule has 0 fully saturated rings. The maximum atomic E-state index is 15.8. The normalized spacial score (nSPS) is 13.1. The fourth-order valence-electron chi connectivity index (χ4n) is 3.66. The van der Waals surface area contributed by atoms with E-state index in [9.17, 15) is 22.3 Å². The first kappa shape index (κ1) is 32.6. The van der Waals surface area contributed by atoms with Crippen molar-refractivity contribution in [3.05, 3.63) is 46.8 Å². The standard InChI is InChI=1S/C24H28F3N4O7PS2/c1-2-16-18-19(26)21(36-9-3-7-28)22(37-10-4-8-29)20(27)23(18)40-24(16)41(34,35)31-13-39(32,33)38-15-6-5-14(12-30)17(25)11-15/h5-6,11,31H,2-4,7-10,13,28-29H2,1H3,(H,32,33)/p+1. The summed E-state index contributed by atoms with van der Waals surface area (Å²) in [6.45, 7) is 2.50. The van der Waals surface area contributed by atoms with E-state index in [1.165, 1.54) is 6.92 Å². The Hall–Kier alpha value is -2.90. The number of thiophene rings is 1. The first-order chi connectivity index (χ1) is 19.4. The lowest BCUT2D eigenvalue weighted by atomic mass is 10.1. The van der Waals surface area contributed by atoms with Crippen LogP contribution in [0.4, 0.5) is 13.2 Å².